The highest BCUT2D eigenvalue weighted by molar-refractivity contribution is 7.92. The molecule has 2 rings (SSSR count). The van der Waals surface area contributed by atoms with Gasteiger partial charge in [0, 0.05) is 17.0 Å². The van der Waals surface area contributed by atoms with Crippen LogP contribution in [0.4, 0.5) is 0 Å². The summed E-state index contributed by atoms with van der Waals surface area (Å²) in [5.74, 6) is 0.377. The molecule has 1 fully saturated rings. The van der Waals surface area contributed by atoms with Gasteiger partial charge in [-0.3, -0.25) is 0 Å². The standard InChI is InChI=1S/C14H19ClN2O2S/c15-14-5-3-12(4-6-14)7-9-20(18,19)17-11-13-2-1-8-16-10-13/h3-7,9,13,16-17H,1-2,8,10-11H2. The van der Waals surface area contributed by atoms with Crippen LogP contribution in [0.15, 0.2) is 29.7 Å². The van der Waals surface area contributed by atoms with Crippen molar-refractivity contribution in [1.82, 2.24) is 10.0 Å². The largest absolute Gasteiger partial charge is 0.316 e. The average Bonchev–Trinajstić information content (AvgIpc) is 2.46. The van der Waals surface area contributed by atoms with Crippen molar-refractivity contribution in [2.75, 3.05) is 19.6 Å². The fourth-order valence-corrected chi connectivity index (χ4v) is 3.15. The zero-order valence-corrected chi connectivity index (χ0v) is 12.8. The Kier molecular flexibility index (Phi) is 5.60. The Morgan fingerprint density at radius 2 is 2.10 bits per heavy atom. The summed E-state index contributed by atoms with van der Waals surface area (Å²) in [7, 11) is -3.38. The van der Waals surface area contributed by atoms with Gasteiger partial charge in [0.05, 0.1) is 0 Å². The van der Waals surface area contributed by atoms with E-state index in [-0.39, 0.29) is 0 Å². The van der Waals surface area contributed by atoms with Crippen LogP contribution in [0, 0.1) is 5.92 Å². The molecule has 20 heavy (non-hydrogen) atoms. The van der Waals surface area contributed by atoms with Crippen LogP contribution in [0.3, 0.4) is 0 Å². The van der Waals surface area contributed by atoms with Gasteiger partial charge in [-0.05, 0) is 55.6 Å². The van der Waals surface area contributed by atoms with E-state index in [1.165, 1.54) is 5.41 Å². The van der Waals surface area contributed by atoms with Crippen LogP contribution < -0.4 is 10.0 Å². The lowest BCUT2D eigenvalue weighted by atomic mass is 10.0. The van der Waals surface area contributed by atoms with Crippen molar-refractivity contribution in [3.63, 3.8) is 0 Å². The van der Waals surface area contributed by atoms with E-state index in [4.69, 9.17) is 11.6 Å². The van der Waals surface area contributed by atoms with Gasteiger partial charge in [0.25, 0.3) is 0 Å². The molecule has 1 unspecified atom stereocenters. The number of rotatable bonds is 5. The van der Waals surface area contributed by atoms with E-state index in [9.17, 15) is 8.42 Å². The second-order valence-corrected chi connectivity index (χ2v) is 7.05. The van der Waals surface area contributed by atoms with Crippen molar-refractivity contribution in [3.05, 3.63) is 40.3 Å². The first-order chi connectivity index (χ1) is 9.55. The van der Waals surface area contributed by atoms with Gasteiger partial charge in [-0.2, -0.15) is 0 Å². The first kappa shape index (κ1) is 15.5. The third kappa shape index (κ3) is 5.25. The van der Waals surface area contributed by atoms with Gasteiger partial charge in [-0.25, -0.2) is 13.1 Å². The molecule has 0 spiro atoms. The second-order valence-electron chi connectivity index (χ2n) is 4.96. The van der Waals surface area contributed by atoms with Gasteiger partial charge in [0.15, 0.2) is 0 Å². The Labute approximate surface area is 125 Å². The van der Waals surface area contributed by atoms with Gasteiger partial charge in [-0.15, -0.1) is 0 Å². The number of halogens is 1. The third-order valence-corrected chi connectivity index (χ3v) is 4.60. The zero-order chi connectivity index (χ0) is 14.4. The smallest absolute Gasteiger partial charge is 0.233 e. The summed E-state index contributed by atoms with van der Waals surface area (Å²) in [6, 6.07) is 7.02. The zero-order valence-electron chi connectivity index (χ0n) is 11.2. The lowest BCUT2D eigenvalue weighted by molar-refractivity contribution is 0.376. The summed E-state index contributed by atoms with van der Waals surface area (Å²) >= 11 is 5.78. The lowest BCUT2D eigenvalue weighted by Gasteiger charge is -2.22. The maximum atomic E-state index is 11.9. The van der Waals surface area contributed by atoms with Crippen LogP contribution in [0.25, 0.3) is 6.08 Å². The Morgan fingerprint density at radius 1 is 1.35 bits per heavy atom. The molecular weight excluding hydrogens is 296 g/mol. The van der Waals surface area contributed by atoms with Gasteiger partial charge in [0.1, 0.15) is 0 Å². The molecule has 0 bridgehead atoms. The molecule has 1 aliphatic heterocycles. The quantitative estimate of drug-likeness (QED) is 0.876. The molecule has 1 heterocycles. The fourth-order valence-electron chi connectivity index (χ4n) is 2.12. The minimum absolute atomic E-state index is 0.377. The molecule has 0 saturated carbocycles. The Bertz CT molecular complexity index is 549. The van der Waals surface area contributed by atoms with Gasteiger partial charge in [0.2, 0.25) is 10.0 Å². The second kappa shape index (κ2) is 7.22. The van der Waals surface area contributed by atoms with E-state index in [0.717, 1.165) is 31.5 Å². The lowest BCUT2D eigenvalue weighted by Crippen LogP contribution is -2.37. The number of sulfonamides is 1. The number of nitrogens with one attached hydrogen (secondary N) is 2. The highest BCUT2D eigenvalue weighted by Gasteiger charge is 2.15. The number of hydrogen-bond donors (Lipinski definition) is 2. The third-order valence-electron chi connectivity index (χ3n) is 3.28. The van der Waals surface area contributed by atoms with Crippen molar-refractivity contribution in [2.24, 2.45) is 5.92 Å². The molecule has 1 aliphatic rings. The van der Waals surface area contributed by atoms with Gasteiger partial charge < -0.3 is 5.32 Å². The van der Waals surface area contributed by atoms with Crippen LogP contribution in [0.2, 0.25) is 5.02 Å². The first-order valence-electron chi connectivity index (χ1n) is 6.69. The van der Waals surface area contributed by atoms with Crippen LogP contribution >= 0.6 is 11.6 Å². The monoisotopic (exact) mass is 314 g/mol. The van der Waals surface area contributed by atoms with E-state index in [1.807, 2.05) is 0 Å². The number of hydrogen-bond acceptors (Lipinski definition) is 3. The molecule has 0 aliphatic carbocycles. The van der Waals surface area contributed by atoms with E-state index in [1.54, 1.807) is 30.3 Å². The molecule has 2 N–H and O–H groups in total. The summed E-state index contributed by atoms with van der Waals surface area (Å²) in [6.45, 7) is 2.39. The molecule has 0 radical (unpaired) electrons. The molecule has 1 saturated heterocycles. The van der Waals surface area contributed by atoms with Crippen molar-refractivity contribution < 1.29 is 8.42 Å². The van der Waals surface area contributed by atoms with Crippen LogP contribution in [0.1, 0.15) is 18.4 Å². The molecule has 4 nitrogen and oxygen atoms in total. The van der Waals surface area contributed by atoms with Crippen molar-refractivity contribution in [3.8, 4) is 0 Å². The van der Waals surface area contributed by atoms with Crippen LogP contribution in [-0.2, 0) is 10.0 Å². The van der Waals surface area contributed by atoms with Crippen LogP contribution in [-0.4, -0.2) is 28.1 Å². The van der Waals surface area contributed by atoms with E-state index >= 15 is 0 Å². The topological polar surface area (TPSA) is 58.2 Å². The Hall–Kier alpha value is -0.880. The molecule has 6 heteroatoms. The Morgan fingerprint density at radius 3 is 2.75 bits per heavy atom. The molecule has 0 aromatic heterocycles. The number of benzene rings is 1. The molecule has 1 atom stereocenters. The molecule has 1 aromatic rings. The summed E-state index contributed by atoms with van der Waals surface area (Å²) in [5, 5.41) is 5.10. The summed E-state index contributed by atoms with van der Waals surface area (Å²) in [6.07, 6.45) is 3.74. The minimum Gasteiger partial charge on any atom is -0.316 e. The van der Waals surface area contributed by atoms with E-state index in [0.29, 0.717) is 17.5 Å². The van der Waals surface area contributed by atoms with Crippen molar-refractivity contribution in [2.45, 2.75) is 12.8 Å². The minimum atomic E-state index is -3.38. The predicted octanol–water partition coefficient (Wildman–Crippen LogP) is 2.23. The summed E-state index contributed by atoms with van der Waals surface area (Å²) < 4.78 is 26.4. The van der Waals surface area contributed by atoms with Gasteiger partial charge >= 0.3 is 0 Å². The first-order valence-corrected chi connectivity index (χ1v) is 8.62. The maximum absolute atomic E-state index is 11.9. The highest BCUT2D eigenvalue weighted by Crippen LogP contribution is 2.12. The normalized spacial score (nSPS) is 20.4. The van der Waals surface area contributed by atoms with E-state index < -0.39 is 10.0 Å². The Balaban J connectivity index is 1.88. The molecular formula is C14H19ClN2O2S. The molecule has 1 aromatic carbocycles. The summed E-state index contributed by atoms with van der Waals surface area (Å²) in [5.41, 5.74) is 0.805. The van der Waals surface area contributed by atoms with Gasteiger partial charge in [-0.1, -0.05) is 23.7 Å². The van der Waals surface area contributed by atoms with Crippen molar-refractivity contribution in [1.29, 1.82) is 0 Å². The van der Waals surface area contributed by atoms with Crippen LogP contribution in [0.5, 0.6) is 0 Å². The maximum Gasteiger partial charge on any atom is 0.233 e. The molecule has 110 valence electrons. The van der Waals surface area contributed by atoms with E-state index in [2.05, 4.69) is 10.0 Å². The summed E-state index contributed by atoms with van der Waals surface area (Å²) in [4.78, 5) is 0. The SMILES string of the molecule is O=S(=O)(C=Cc1ccc(Cl)cc1)NCC1CCCNC1. The fraction of sp³-hybridized carbons (Fsp3) is 0.429. The number of piperidine rings is 1. The average molecular weight is 315 g/mol. The predicted molar refractivity (Wildman–Crippen MR) is 83.0 cm³/mol. The molecule has 0 amide bonds. The van der Waals surface area contributed by atoms with Crippen molar-refractivity contribution >= 4 is 27.7 Å². The highest BCUT2D eigenvalue weighted by atomic mass is 35.5.